The predicted octanol–water partition coefficient (Wildman–Crippen LogP) is 0.629. The van der Waals surface area contributed by atoms with Crippen molar-refractivity contribution in [2.24, 2.45) is 0 Å². The minimum absolute atomic E-state index is 0.0443. The number of rotatable bonds is 5. The maximum atomic E-state index is 11.5. The first kappa shape index (κ1) is 16.7. The van der Waals surface area contributed by atoms with Crippen LogP contribution in [0.3, 0.4) is 0 Å². The monoisotopic (exact) mass is 334 g/mol. The van der Waals surface area contributed by atoms with Gasteiger partial charge in [-0.1, -0.05) is 18.2 Å². The average Bonchev–Trinajstić information content (AvgIpc) is 2.76. The van der Waals surface area contributed by atoms with Crippen molar-refractivity contribution in [2.45, 2.75) is 31.5 Å². The van der Waals surface area contributed by atoms with Crippen molar-refractivity contribution in [3.8, 4) is 5.75 Å². The Balaban J connectivity index is 1.62. The molecule has 2 heterocycles. The first-order chi connectivity index (χ1) is 11.6. The van der Waals surface area contributed by atoms with Crippen molar-refractivity contribution in [3.05, 3.63) is 29.8 Å². The van der Waals surface area contributed by atoms with Gasteiger partial charge in [0.15, 0.2) is 6.61 Å². The molecule has 3 rings (SSSR count). The number of amides is 1. The second-order valence-corrected chi connectivity index (χ2v) is 6.17. The van der Waals surface area contributed by atoms with Crippen molar-refractivity contribution in [3.63, 3.8) is 0 Å². The van der Waals surface area contributed by atoms with E-state index in [0.717, 1.165) is 31.5 Å². The van der Waals surface area contributed by atoms with Gasteiger partial charge in [-0.2, -0.15) is 0 Å². The minimum atomic E-state index is -0.989. The van der Waals surface area contributed by atoms with Gasteiger partial charge in [0.2, 0.25) is 5.91 Å². The van der Waals surface area contributed by atoms with Gasteiger partial charge in [0, 0.05) is 25.2 Å². The quantitative estimate of drug-likeness (QED) is 0.821. The summed E-state index contributed by atoms with van der Waals surface area (Å²) in [4.78, 5) is 24.5. The van der Waals surface area contributed by atoms with Crippen LogP contribution in [-0.4, -0.2) is 60.3 Å². The zero-order chi connectivity index (χ0) is 16.9. The van der Waals surface area contributed by atoms with Gasteiger partial charge >= 0.3 is 5.97 Å². The summed E-state index contributed by atoms with van der Waals surface area (Å²) in [5.74, 6) is -0.431. The molecule has 1 aromatic rings. The normalized spacial score (nSPS) is 24.6. The number of morpholine rings is 1. The number of likely N-dealkylation sites (tertiary alicyclic amines) is 1. The van der Waals surface area contributed by atoms with Crippen molar-refractivity contribution in [1.29, 1.82) is 0 Å². The summed E-state index contributed by atoms with van der Waals surface area (Å²) in [5.41, 5.74) is 0.966. The zero-order valence-electron chi connectivity index (χ0n) is 13.4. The maximum absolute atomic E-state index is 11.5. The Morgan fingerprint density at radius 3 is 2.96 bits per heavy atom. The number of carbonyl (C=O) groups is 2. The average molecular weight is 334 g/mol. The van der Waals surface area contributed by atoms with Gasteiger partial charge < -0.3 is 19.9 Å². The molecule has 130 valence electrons. The molecule has 24 heavy (non-hydrogen) atoms. The number of aliphatic carboxylic acids is 1. The van der Waals surface area contributed by atoms with Crippen molar-refractivity contribution < 1.29 is 24.2 Å². The van der Waals surface area contributed by atoms with Crippen LogP contribution in [-0.2, 0) is 20.9 Å². The highest BCUT2D eigenvalue weighted by atomic mass is 16.5. The zero-order valence-corrected chi connectivity index (χ0v) is 13.4. The number of fused-ring (bicyclic) bond motifs is 1. The van der Waals surface area contributed by atoms with Crippen molar-refractivity contribution in [2.75, 3.05) is 26.3 Å². The third kappa shape index (κ3) is 4.24. The van der Waals surface area contributed by atoms with Gasteiger partial charge in [-0.05, 0) is 18.9 Å². The van der Waals surface area contributed by atoms with E-state index < -0.39 is 5.97 Å². The highest BCUT2D eigenvalue weighted by molar-refractivity contribution is 5.78. The van der Waals surface area contributed by atoms with Gasteiger partial charge in [0.25, 0.3) is 0 Å². The van der Waals surface area contributed by atoms with Crippen LogP contribution < -0.4 is 10.1 Å². The Labute approximate surface area is 140 Å². The third-order valence-corrected chi connectivity index (χ3v) is 4.43. The molecule has 0 aromatic heterocycles. The molecular formula is C17H22N2O5. The molecule has 1 amide bonds. The molecule has 2 N–H and O–H groups in total. The molecule has 2 atom stereocenters. The molecule has 2 fully saturated rings. The number of nitrogens with one attached hydrogen (secondary N) is 1. The molecule has 0 bridgehead atoms. The van der Waals surface area contributed by atoms with Crippen LogP contribution in [0.4, 0.5) is 0 Å². The minimum Gasteiger partial charge on any atom is -0.482 e. The van der Waals surface area contributed by atoms with Crippen molar-refractivity contribution in [1.82, 2.24) is 10.2 Å². The molecule has 0 aliphatic carbocycles. The van der Waals surface area contributed by atoms with E-state index in [1.165, 1.54) is 0 Å². The number of carboxylic acids is 1. The highest BCUT2D eigenvalue weighted by Gasteiger charge is 2.32. The summed E-state index contributed by atoms with van der Waals surface area (Å²) in [6.45, 7) is 2.19. The van der Waals surface area contributed by atoms with Crippen LogP contribution in [0.25, 0.3) is 0 Å². The Kier molecular flexibility index (Phi) is 5.32. The van der Waals surface area contributed by atoms with E-state index in [2.05, 4.69) is 10.2 Å². The summed E-state index contributed by atoms with van der Waals surface area (Å²) in [6.07, 6.45) is 1.78. The van der Waals surface area contributed by atoms with Crippen molar-refractivity contribution >= 4 is 11.9 Å². The fraction of sp³-hybridized carbons (Fsp3) is 0.529. The first-order valence-corrected chi connectivity index (χ1v) is 8.17. The predicted molar refractivity (Wildman–Crippen MR) is 85.8 cm³/mol. The number of para-hydroxylation sites is 1. The molecule has 7 heteroatoms. The number of benzene rings is 1. The summed E-state index contributed by atoms with van der Waals surface area (Å²) >= 11 is 0. The molecule has 0 unspecified atom stereocenters. The standard InChI is InChI=1S/C17H22N2O5/c20-16-10-23-15-6-8-19(7-5-13(15)18-16)9-12-3-1-2-4-14(12)24-11-17(21)22/h1-4,13,15H,5-11H2,(H,18,20)(H,21,22)/t13-,15-/m0/s1. The number of hydrogen-bond donors (Lipinski definition) is 2. The largest absolute Gasteiger partial charge is 0.482 e. The molecule has 2 aliphatic rings. The van der Waals surface area contributed by atoms with E-state index in [4.69, 9.17) is 14.6 Å². The first-order valence-electron chi connectivity index (χ1n) is 8.17. The second-order valence-electron chi connectivity index (χ2n) is 6.17. The third-order valence-electron chi connectivity index (χ3n) is 4.43. The van der Waals surface area contributed by atoms with Crippen LogP contribution in [0, 0.1) is 0 Å². The van der Waals surface area contributed by atoms with Gasteiger partial charge in [0.1, 0.15) is 12.4 Å². The number of carbonyl (C=O) groups excluding carboxylic acids is 1. The Hall–Kier alpha value is -2.12. The van der Waals surface area contributed by atoms with Gasteiger partial charge in [-0.25, -0.2) is 4.79 Å². The topological polar surface area (TPSA) is 88.1 Å². The maximum Gasteiger partial charge on any atom is 0.341 e. The highest BCUT2D eigenvalue weighted by Crippen LogP contribution is 2.23. The van der Waals surface area contributed by atoms with Gasteiger partial charge in [-0.3, -0.25) is 9.69 Å². The van der Waals surface area contributed by atoms with Crippen LogP contribution >= 0.6 is 0 Å². The van der Waals surface area contributed by atoms with E-state index in [-0.39, 0.29) is 31.3 Å². The number of hydrogen-bond acceptors (Lipinski definition) is 5. The van der Waals surface area contributed by atoms with Gasteiger partial charge in [0.05, 0.1) is 12.1 Å². The van der Waals surface area contributed by atoms with Crippen LogP contribution in [0.15, 0.2) is 24.3 Å². The van der Waals surface area contributed by atoms with Crippen LogP contribution in [0.5, 0.6) is 5.75 Å². The van der Waals surface area contributed by atoms with Gasteiger partial charge in [-0.15, -0.1) is 0 Å². The molecule has 1 aromatic carbocycles. The van der Waals surface area contributed by atoms with E-state index in [1.54, 1.807) is 6.07 Å². The van der Waals surface area contributed by atoms with E-state index in [0.29, 0.717) is 12.3 Å². The smallest absolute Gasteiger partial charge is 0.341 e. The fourth-order valence-corrected chi connectivity index (χ4v) is 3.24. The number of ether oxygens (including phenoxy) is 2. The van der Waals surface area contributed by atoms with E-state index in [1.807, 2.05) is 18.2 Å². The van der Waals surface area contributed by atoms with E-state index >= 15 is 0 Å². The SMILES string of the molecule is O=C(O)COc1ccccc1CN1CC[C@@H]2NC(=O)CO[C@H]2CC1. The van der Waals surface area contributed by atoms with Crippen LogP contribution in [0.2, 0.25) is 0 Å². The lowest BCUT2D eigenvalue weighted by Crippen LogP contribution is -2.51. The Bertz CT molecular complexity index is 606. The molecule has 2 saturated heterocycles. The lowest BCUT2D eigenvalue weighted by molar-refractivity contribution is -0.139. The summed E-state index contributed by atoms with van der Waals surface area (Å²) in [5, 5.41) is 11.8. The number of carboxylic acid groups (broad SMARTS) is 1. The molecule has 0 radical (unpaired) electrons. The van der Waals surface area contributed by atoms with Crippen LogP contribution in [0.1, 0.15) is 18.4 Å². The van der Waals surface area contributed by atoms with E-state index in [9.17, 15) is 9.59 Å². The Morgan fingerprint density at radius 2 is 2.12 bits per heavy atom. The Morgan fingerprint density at radius 1 is 1.33 bits per heavy atom. The number of nitrogens with zero attached hydrogens (tertiary/aromatic N) is 1. The summed E-state index contributed by atoms with van der Waals surface area (Å²) < 4.78 is 11.0. The molecule has 2 aliphatic heterocycles. The molecule has 0 saturated carbocycles. The molecule has 0 spiro atoms. The molecular weight excluding hydrogens is 312 g/mol. The lowest BCUT2D eigenvalue weighted by Gasteiger charge is -2.30. The molecule has 7 nitrogen and oxygen atoms in total. The fourth-order valence-electron chi connectivity index (χ4n) is 3.24. The lowest BCUT2D eigenvalue weighted by atomic mass is 10.0. The summed E-state index contributed by atoms with van der Waals surface area (Å²) in [7, 11) is 0. The second kappa shape index (κ2) is 7.63. The summed E-state index contributed by atoms with van der Waals surface area (Å²) in [6, 6.07) is 7.58.